The van der Waals surface area contributed by atoms with E-state index in [4.69, 9.17) is 5.73 Å². The number of nitrogens with zero attached hydrogens (tertiary/aromatic N) is 2. The summed E-state index contributed by atoms with van der Waals surface area (Å²) >= 11 is 1.70. The van der Waals surface area contributed by atoms with E-state index in [9.17, 15) is 5.11 Å². The Balaban J connectivity index is 1.95. The summed E-state index contributed by atoms with van der Waals surface area (Å²) in [5.74, 6) is 0.914. The van der Waals surface area contributed by atoms with Crippen molar-refractivity contribution >= 4 is 22.7 Å². The number of nitrogens with two attached hydrogens (primary N) is 1. The highest BCUT2D eigenvalue weighted by Gasteiger charge is 2.17. The van der Waals surface area contributed by atoms with Crippen molar-refractivity contribution in [2.75, 3.05) is 12.3 Å². The van der Waals surface area contributed by atoms with Crippen molar-refractivity contribution in [3.63, 3.8) is 0 Å². The number of fused-ring (bicyclic) bond motifs is 1. The molecule has 0 aliphatic rings. The first-order chi connectivity index (χ1) is 9.12. The molecule has 19 heavy (non-hydrogen) atoms. The number of benzene rings is 1. The van der Waals surface area contributed by atoms with Crippen molar-refractivity contribution in [2.24, 2.45) is 5.73 Å². The first-order valence-electron chi connectivity index (χ1n) is 6.37. The molecule has 2 rings (SSSR count). The van der Waals surface area contributed by atoms with E-state index in [1.165, 1.54) is 0 Å². The lowest BCUT2D eigenvalue weighted by atomic mass is 10.0. The Labute approximate surface area is 117 Å². The second-order valence-corrected chi connectivity index (χ2v) is 5.93. The third-order valence-electron chi connectivity index (χ3n) is 3.04. The van der Waals surface area contributed by atoms with Gasteiger partial charge in [0.25, 0.3) is 0 Å². The van der Waals surface area contributed by atoms with Crippen LogP contribution in [-0.4, -0.2) is 33.0 Å². The number of thioether (sulfide) groups is 1. The molecule has 0 saturated heterocycles. The van der Waals surface area contributed by atoms with Crippen LogP contribution in [0.2, 0.25) is 0 Å². The Bertz CT molecular complexity index is 540. The van der Waals surface area contributed by atoms with Gasteiger partial charge in [0, 0.05) is 11.9 Å². The van der Waals surface area contributed by atoms with E-state index >= 15 is 0 Å². The molecule has 3 N–H and O–H groups in total. The highest BCUT2D eigenvalue weighted by Crippen LogP contribution is 2.25. The summed E-state index contributed by atoms with van der Waals surface area (Å²) < 4.78 is 0. The maximum Gasteiger partial charge on any atom is 0.117 e. The van der Waals surface area contributed by atoms with Crippen LogP contribution in [-0.2, 0) is 0 Å². The number of para-hydroxylation sites is 1. The van der Waals surface area contributed by atoms with E-state index in [0.717, 1.165) is 28.1 Å². The van der Waals surface area contributed by atoms with Gasteiger partial charge in [-0.05, 0) is 31.6 Å². The van der Waals surface area contributed by atoms with E-state index in [1.807, 2.05) is 24.3 Å². The van der Waals surface area contributed by atoms with Crippen LogP contribution >= 0.6 is 11.8 Å². The van der Waals surface area contributed by atoms with Crippen LogP contribution in [0.1, 0.15) is 19.8 Å². The van der Waals surface area contributed by atoms with E-state index in [-0.39, 0.29) is 0 Å². The highest BCUT2D eigenvalue weighted by atomic mass is 32.2. The third-order valence-corrected chi connectivity index (χ3v) is 4.14. The second-order valence-electron chi connectivity index (χ2n) is 4.85. The molecule has 0 radical (unpaired) electrons. The summed E-state index contributed by atoms with van der Waals surface area (Å²) in [7, 11) is 0. The number of rotatable bonds is 6. The van der Waals surface area contributed by atoms with E-state index in [2.05, 4.69) is 9.97 Å². The zero-order valence-electron chi connectivity index (χ0n) is 11.0. The van der Waals surface area contributed by atoms with Gasteiger partial charge in [-0.1, -0.05) is 18.2 Å². The summed E-state index contributed by atoms with van der Waals surface area (Å²) in [5.41, 5.74) is 5.71. The molecule has 2 aromatic rings. The van der Waals surface area contributed by atoms with Gasteiger partial charge in [0.15, 0.2) is 0 Å². The van der Waals surface area contributed by atoms with Crippen molar-refractivity contribution in [1.82, 2.24) is 9.97 Å². The minimum Gasteiger partial charge on any atom is -0.389 e. The highest BCUT2D eigenvalue weighted by molar-refractivity contribution is 7.99. The molecule has 0 aliphatic heterocycles. The monoisotopic (exact) mass is 277 g/mol. The van der Waals surface area contributed by atoms with E-state index in [1.54, 1.807) is 25.0 Å². The number of aromatic nitrogens is 2. The topological polar surface area (TPSA) is 72.0 Å². The molecule has 0 fully saturated rings. The molecule has 0 saturated carbocycles. The van der Waals surface area contributed by atoms with Crippen molar-refractivity contribution in [1.29, 1.82) is 0 Å². The van der Waals surface area contributed by atoms with Gasteiger partial charge in [0.2, 0.25) is 0 Å². The first-order valence-corrected chi connectivity index (χ1v) is 7.36. The lowest BCUT2D eigenvalue weighted by Crippen LogP contribution is -2.34. The fraction of sp³-hybridized carbons (Fsp3) is 0.429. The summed E-state index contributed by atoms with van der Waals surface area (Å²) in [5, 5.41) is 11.9. The Morgan fingerprint density at radius 3 is 2.89 bits per heavy atom. The van der Waals surface area contributed by atoms with Crippen LogP contribution in [0.25, 0.3) is 10.9 Å². The maximum absolute atomic E-state index is 9.83. The number of hydrogen-bond acceptors (Lipinski definition) is 5. The standard InChI is InChI=1S/C14H19N3OS/c1-14(18,9-15)7-4-8-19-13-11-5-2-3-6-12(11)16-10-17-13/h2-3,5-6,10,18H,4,7-9,15H2,1H3. The van der Waals surface area contributed by atoms with Crippen LogP contribution in [0.4, 0.5) is 0 Å². The van der Waals surface area contributed by atoms with Crippen LogP contribution in [0, 0.1) is 0 Å². The molecule has 0 aliphatic carbocycles. The van der Waals surface area contributed by atoms with Crippen molar-refractivity contribution in [3.05, 3.63) is 30.6 Å². The molecular formula is C14H19N3OS. The van der Waals surface area contributed by atoms with Crippen molar-refractivity contribution in [3.8, 4) is 0 Å². The Hall–Kier alpha value is -1.17. The lowest BCUT2D eigenvalue weighted by molar-refractivity contribution is 0.0596. The molecule has 5 heteroatoms. The van der Waals surface area contributed by atoms with Gasteiger partial charge in [0.1, 0.15) is 11.4 Å². The molecule has 1 unspecified atom stereocenters. The summed E-state index contributed by atoms with van der Waals surface area (Å²) in [6, 6.07) is 7.99. The van der Waals surface area contributed by atoms with Gasteiger partial charge < -0.3 is 10.8 Å². The summed E-state index contributed by atoms with van der Waals surface area (Å²) in [6.45, 7) is 2.08. The van der Waals surface area contributed by atoms with Gasteiger partial charge in [-0.25, -0.2) is 9.97 Å². The minimum atomic E-state index is -0.756. The Morgan fingerprint density at radius 2 is 2.11 bits per heavy atom. The normalized spacial score (nSPS) is 14.5. The third kappa shape index (κ3) is 3.89. The summed E-state index contributed by atoms with van der Waals surface area (Å²) in [4.78, 5) is 8.57. The smallest absolute Gasteiger partial charge is 0.117 e. The largest absolute Gasteiger partial charge is 0.389 e. The van der Waals surface area contributed by atoms with Gasteiger partial charge in [-0.2, -0.15) is 0 Å². The predicted octanol–water partition coefficient (Wildman–Crippen LogP) is 2.21. The molecule has 102 valence electrons. The average molecular weight is 277 g/mol. The van der Waals surface area contributed by atoms with E-state index < -0.39 is 5.60 Å². The van der Waals surface area contributed by atoms with Crippen LogP contribution in [0.15, 0.2) is 35.6 Å². The molecule has 1 heterocycles. The van der Waals surface area contributed by atoms with Crippen molar-refractivity contribution in [2.45, 2.75) is 30.4 Å². The predicted molar refractivity (Wildman–Crippen MR) is 79.2 cm³/mol. The second kappa shape index (κ2) is 6.32. The molecular weight excluding hydrogens is 258 g/mol. The van der Waals surface area contributed by atoms with Crippen molar-refractivity contribution < 1.29 is 5.11 Å². The molecule has 0 bridgehead atoms. The van der Waals surface area contributed by atoms with Gasteiger partial charge in [-0.15, -0.1) is 11.8 Å². The van der Waals surface area contributed by atoms with Crippen LogP contribution < -0.4 is 5.73 Å². The molecule has 0 amide bonds. The molecule has 1 atom stereocenters. The molecule has 4 nitrogen and oxygen atoms in total. The van der Waals surface area contributed by atoms with Crippen LogP contribution in [0.5, 0.6) is 0 Å². The number of hydrogen-bond donors (Lipinski definition) is 2. The quantitative estimate of drug-likeness (QED) is 0.481. The first kappa shape index (κ1) is 14.2. The fourth-order valence-electron chi connectivity index (χ4n) is 1.82. The average Bonchev–Trinajstić information content (AvgIpc) is 2.44. The Kier molecular flexibility index (Phi) is 4.74. The minimum absolute atomic E-state index is 0.300. The zero-order valence-corrected chi connectivity index (χ0v) is 11.9. The van der Waals surface area contributed by atoms with Crippen LogP contribution in [0.3, 0.4) is 0 Å². The molecule has 1 aromatic carbocycles. The van der Waals surface area contributed by atoms with Gasteiger partial charge in [-0.3, -0.25) is 0 Å². The summed E-state index contributed by atoms with van der Waals surface area (Å²) in [6.07, 6.45) is 3.22. The fourth-order valence-corrected chi connectivity index (χ4v) is 2.75. The SMILES string of the molecule is CC(O)(CN)CCCSc1ncnc2ccccc12. The van der Waals surface area contributed by atoms with Gasteiger partial charge in [0.05, 0.1) is 11.1 Å². The number of aliphatic hydroxyl groups is 1. The Morgan fingerprint density at radius 1 is 1.32 bits per heavy atom. The molecule has 1 aromatic heterocycles. The molecule has 0 spiro atoms. The lowest BCUT2D eigenvalue weighted by Gasteiger charge is -2.20. The van der Waals surface area contributed by atoms with E-state index in [0.29, 0.717) is 13.0 Å². The zero-order chi connectivity index (χ0) is 13.7. The maximum atomic E-state index is 9.83. The van der Waals surface area contributed by atoms with Gasteiger partial charge >= 0.3 is 0 Å².